The number of ether oxygens (including phenoxy) is 1. The van der Waals surface area contributed by atoms with Gasteiger partial charge in [0.05, 0.1) is 19.0 Å². The van der Waals surface area contributed by atoms with E-state index >= 15 is 0 Å². The minimum atomic E-state index is -4.40. The lowest BCUT2D eigenvalue weighted by molar-refractivity contribution is -0.144. The minimum absolute atomic E-state index is 0.149. The number of benzene rings is 1. The monoisotopic (exact) mass is 282 g/mol. The van der Waals surface area contributed by atoms with Gasteiger partial charge in [-0.15, -0.1) is 0 Å². The zero-order chi connectivity index (χ0) is 14.6. The first-order chi connectivity index (χ1) is 9.50. The van der Waals surface area contributed by atoms with Crippen LogP contribution in [0.3, 0.4) is 0 Å². The van der Waals surface area contributed by atoms with Crippen LogP contribution in [0.2, 0.25) is 0 Å². The molecule has 1 N–H and O–H groups in total. The number of halogens is 3. The minimum Gasteiger partial charge on any atom is -0.481 e. The smallest absolute Gasteiger partial charge is 0.412 e. The molecule has 2 aromatic rings. The molecule has 1 atom stereocenters. The summed E-state index contributed by atoms with van der Waals surface area (Å²) in [5, 5.41) is 2.44. The van der Waals surface area contributed by atoms with Crippen molar-refractivity contribution in [3.63, 3.8) is 0 Å². The Bertz CT molecular complexity index is 541. The lowest BCUT2D eigenvalue weighted by atomic mass is 10.1. The maximum atomic E-state index is 13.1. The van der Waals surface area contributed by atoms with E-state index in [4.69, 9.17) is 4.74 Å². The van der Waals surface area contributed by atoms with Crippen LogP contribution in [0.4, 0.5) is 18.9 Å². The van der Waals surface area contributed by atoms with Crippen LogP contribution in [0, 0.1) is 0 Å². The van der Waals surface area contributed by atoms with Gasteiger partial charge in [-0.2, -0.15) is 13.2 Å². The fourth-order valence-electron chi connectivity index (χ4n) is 1.75. The average Bonchev–Trinajstić information content (AvgIpc) is 2.45. The van der Waals surface area contributed by atoms with Crippen LogP contribution in [0.5, 0.6) is 5.88 Å². The summed E-state index contributed by atoms with van der Waals surface area (Å²) in [4.78, 5) is 3.87. The van der Waals surface area contributed by atoms with Gasteiger partial charge in [0.25, 0.3) is 0 Å². The van der Waals surface area contributed by atoms with E-state index in [1.807, 2.05) is 0 Å². The van der Waals surface area contributed by atoms with E-state index in [0.717, 1.165) is 0 Å². The molecule has 0 saturated heterocycles. The van der Waals surface area contributed by atoms with E-state index < -0.39 is 12.2 Å². The third kappa shape index (κ3) is 3.40. The Kier molecular flexibility index (Phi) is 4.12. The Morgan fingerprint density at radius 3 is 2.30 bits per heavy atom. The standard InChI is InChI=1S/C14H13F3N2O/c1-20-12-8-7-11(9-18-12)19-13(14(15,16)17)10-5-3-2-4-6-10/h2-9,13,19H,1H3. The van der Waals surface area contributed by atoms with Gasteiger partial charge in [-0.25, -0.2) is 4.98 Å². The second-order valence-corrected chi connectivity index (χ2v) is 4.12. The van der Waals surface area contributed by atoms with E-state index in [0.29, 0.717) is 5.88 Å². The van der Waals surface area contributed by atoms with Gasteiger partial charge in [-0.05, 0) is 11.6 Å². The number of nitrogens with one attached hydrogen (secondary N) is 1. The molecule has 0 aliphatic rings. The van der Waals surface area contributed by atoms with Crippen molar-refractivity contribution >= 4 is 5.69 Å². The highest BCUT2D eigenvalue weighted by Gasteiger charge is 2.40. The van der Waals surface area contributed by atoms with Gasteiger partial charge in [0, 0.05) is 6.07 Å². The third-order valence-electron chi connectivity index (χ3n) is 2.72. The Morgan fingerprint density at radius 1 is 1.10 bits per heavy atom. The van der Waals surface area contributed by atoms with Crippen molar-refractivity contribution in [2.45, 2.75) is 12.2 Å². The van der Waals surface area contributed by atoms with E-state index in [1.165, 1.54) is 37.6 Å². The summed E-state index contributed by atoms with van der Waals surface area (Å²) < 4.78 is 44.3. The molecule has 1 heterocycles. The summed E-state index contributed by atoms with van der Waals surface area (Å²) in [6, 6.07) is 8.90. The van der Waals surface area contributed by atoms with Gasteiger partial charge in [-0.1, -0.05) is 30.3 Å². The first kappa shape index (κ1) is 14.2. The summed E-state index contributed by atoms with van der Waals surface area (Å²) in [7, 11) is 1.44. The molecule has 20 heavy (non-hydrogen) atoms. The number of aromatic nitrogens is 1. The Morgan fingerprint density at radius 2 is 1.80 bits per heavy atom. The fraction of sp³-hybridized carbons (Fsp3) is 0.214. The highest BCUT2D eigenvalue weighted by atomic mass is 19.4. The molecule has 3 nitrogen and oxygen atoms in total. The second-order valence-electron chi connectivity index (χ2n) is 4.12. The highest BCUT2D eigenvalue weighted by Crippen LogP contribution is 2.35. The molecule has 0 amide bonds. The van der Waals surface area contributed by atoms with Gasteiger partial charge in [0.15, 0.2) is 0 Å². The van der Waals surface area contributed by atoms with Crippen LogP contribution < -0.4 is 10.1 Å². The Balaban J connectivity index is 2.24. The maximum absolute atomic E-state index is 13.1. The largest absolute Gasteiger partial charge is 0.481 e. The maximum Gasteiger partial charge on any atom is 0.412 e. The first-order valence-corrected chi connectivity index (χ1v) is 5.89. The zero-order valence-electron chi connectivity index (χ0n) is 10.7. The SMILES string of the molecule is COc1ccc(NC(c2ccccc2)C(F)(F)F)cn1. The molecule has 0 spiro atoms. The van der Waals surface area contributed by atoms with Gasteiger partial charge >= 0.3 is 6.18 Å². The summed E-state index contributed by atoms with van der Waals surface area (Å²) >= 11 is 0. The molecule has 0 saturated carbocycles. The lowest BCUT2D eigenvalue weighted by Gasteiger charge is -2.23. The number of methoxy groups -OCH3 is 1. The van der Waals surface area contributed by atoms with Crippen LogP contribution in [0.1, 0.15) is 11.6 Å². The number of hydrogen-bond donors (Lipinski definition) is 1. The zero-order valence-corrected chi connectivity index (χ0v) is 10.7. The molecule has 1 aromatic heterocycles. The van der Waals surface area contributed by atoms with Crippen molar-refractivity contribution in [1.29, 1.82) is 0 Å². The van der Waals surface area contributed by atoms with Crippen LogP contribution in [-0.4, -0.2) is 18.3 Å². The topological polar surface area (TPSA) is 34.1 Å². The van der Waals surface area contributed by atoms with Gasteiger partial charge < -0.3 is 10.1 Å². The van der Waals surface area contributed by atoms with Crippen LogP contribution >= 0.6 is 0 Å². The first-order valence-electron chi connectivity index (χ1n) is 5.89. The van der Waals surface area contributed by atoms with Crippen molar-refractivity contribution in [2.24, 2.45) is 0 Å². The molecule has 1 aromatic carbocycles. The normalized spacial score (nSPS) is 12.8. The number of rotatable bonds is 4. The Labute approximate surface area is 114 Å². The number of anilines is 1. The van der Waals surface area contributed by atoms with Crippen molar-refractivity contribution < 1.29 is 17.9 Å². The molecule has 2 rings (SSSR count). The van der Waals surface area contributed by atoms with Crippen LogP contribution in [0.15, 0.2) is 48.7 Å². The molecular formula is C14H13F3N2O. The molecular weight excluding hydrogens is 269 g/mol. The number of pyridine rings is 1. The second kappa shape index (κ2) is 5.81. The number of hydrogen-bond acceptors (Lipinski definition) is 3. The highest BCUT2D eigenvalue weighted by molar-refractivity contribution is 5.45. The van der Waals surface area contributed by atoms with Crippen LogP contribution in [-0.2, 0) is 0 Å². The number of alkyl halides is 3. The molecule has 106 valence electrons. The molecule has 0 bridgehead atoms. The third-order valence-corrected chi connectivity index (χ3v) is 2.72. The molecule has 1 unspecified atom stereocenters. The summed E-state index contributed by atoms with van der Waals surface area (Å²) in [5.41, 5.74) is 0.424. The Hall–Kier alpha value is -2.24. The van der Waals surface area contributed by atoms with E-state index in [1.54, 1.807) is 18.2 Å². The quantitative estimate of drug-likeness (QED) is 0.926. The summed E-state index contributed by atoms with van der Waals surface area (Å²) in [5.74, 6) is 0.346. The van der Waals surface area contributed by atoms with E-state index in [9.17, 15) is 13.2 Å². The van der Waals surface area contributed by atoms with Crippen molar-refractivity contribution in [3.8, 4) is 5.88 Å². The molecule has 6 heteroatoms. The van der Waals surface area contributed by atoms with Crippen molar-refractivity contribution in [1.82, 2.24) is 4.98 Å². The molecule has 0 fully saturated rings. The predicted octanol–water partition coefficient (Wildman–Crippen LogP) is 3.81. The van der Waals surface area contributed by atoms with Gasteiger partial charge in [0.2, 0.25) is 5.88 Å². The van der Waals surface area contributed by atoms with Crippen molar-refractivity contribution in [2.75, 3.05) is 12.4 Å². The average molecular weight is 282 g/mol. The molecule has 0 radical (unpaired) electrons. The lowest BCUT2D eigenvalue weighted by Crippen LogP contribution is -2.27. The van der Waals surface area contributed by atoms with E-state index in [-0.39, 0.29) is 11.3 Å². The van der Waals surface area contributed by atoms with Crippen molar-refractivity contribution in [3.05, 3.63) is 54.2 Å². The van der Waals surface area contributed by atoms with Crippen LogP contribution in [0.25, 0.3) is 0 Å². The fourth-order valence-corrected chi connectivity index (χ4v) is 1.75. The molecule has 0 aliphatic carbocycles. The predicted molar refractivity (Wildman–Crippen MR) is 69.6 cm³/mol. The van der Waals surface area contributed by atoms with Gasteiger partial charge in [0.1, 0.15) is 6.04 Å². The van der Waals surface area contributed by atoms with E-state index in [2.05, 4.69) is 10.3 Å². The molecule has 0 aliphatic heterocycles. The number of nitrogens with zero attached hydrogens (tertiary/aromatic N) is 1. The summed E-state index contributed by atoms with van der Waals surface area (Å²) in [6.45, 7) is 0. The van der Waals surface area contributed by atoms with Gasteiger partial charge in [-0.3, -0.25) is 0 Å². The summed E-state index contributed by atoms with van der Waals surface area (Å²) in [6.07, 6.45) is -3.10.